The molecule has 0 aliphatic carbocycles. The van der Waals surface area contributed by atoms with Crippen molar-refractivity contribution >= 4 is 23.1 Å². The highest BCUT2D eigenvalue weighted by molar-refractivity contribution is 7.71. The van der Waals surface area contributed by atoms with Gasteiger partial charge < -0.3 is 4.57 Å². The molecule has 1 heterocycles. The summed E-state index contributed by atoms with van der Waals surface area (Å²) < 4.78 is 2.75. The molecule has 0 atom stereocenters. The van der Waals surface area contributed by atoms with E-state index in [9.17, 15) is 0 Å². The normalized spacial score (nSPS) is 10.8. The molecule has 0 aliphatic heterocycles. The Labute approximate surface area is 117 Å². The third kappa shape index (κ3) is 1.96. The van der Waals surface area contributed by atoms with Crippen molar-refractivity contribution in [3.63, 3.8) is 0 Å². The number of hydrogen-bond acceptors (Lipinski definition) is 2. The summed E-state index contributed by atoms with van der Waals surface area (Å²) in [5.41, 5.74) is 4.78. The van der Waals surface area contributed by atoms with Crippen LogP contribution >= 0.6 is 12.2 Å². The average Bonchev–Trinajstić information content (AvgIpc) is 2.43. The first-order valence-electron chi connectivity index (χ1n) is 6.21. The van der Waals surface area contributed by atoms with Crippen molar-refractivity contribution < 1.29 is 0 Å². The molecule has 0 saturated heterocycles. The highest BCUT2D eigenvalue weighted by atomic mass is 32.1. The zero-order valence-corrected chi connectivity index (χ0v) is 11.7. The van der Waals surface area contributed by atoms with Gasteiger partial charge in [0.25, 0.3) is 0 Å². The SMILES string of the molecule is Cc1cccc(-n2cnc(=S)c3ccccc32)c1C. The largest absolute Gasteiger partial charge is 0.300 e. The first kappa shape index (κ1) is 12.1. The van der Waals surface area contributed by atoms with Crippen LogP contribution in [0.3, 0.4) is 0 Å². The number of aryl methyl sites for hydroxylation is 1. The van der Waals surface area contributed by atoms with Crippen molar-refractivity contribution in [3.8, 4) is 5.69 Å². The van der Waals surface area contributed by atoms with Gasteiger partial charge in [0.1, 0.15) is 11.0 Å². The second-order valence-electron chi connectivity index (χ2n) is 4.66. The monoisotopic (exact) mass is 266 g/mol. The summed E-state index contributed by atoms with van der Waals surface area (Å²) in [7, 11) is 0. The predicted molar refractivity (Wildman–Crippen MR) is 81.4 cm³/mol. The number of aromatic nitrogens is 2. The summed E-state index contributed by atoms with van der Waals surface area (Å²) in [5.74, 6) is 0. The predicted octanol–water partition coefficient (Wildman–Crippen LogP) is 4.37. The molecule has 0 spiro atoms. The number of para-hydroxylation sites is 1. The highest BCUT2D eigenvalue weighted by Crippen LogP contribution is 2.22. The van der Waals surface area contributed by atoms with Gasteiger partial charge >= 0.3 is 0 Å². The Kier molecular flexibility index (Phi) is 2.91. The summed E-state index contributed by atoms with van der Waals surface area (Å²) in [4.78, 5) is 4.33. The molecule has 3 heteroatoms. The Hall–Kier alpha value is -2.00. The first-order chi connectivity index (χ1) is 9.18. The van der Waals surface area contributed by atoms with Gasteiger partial charge in [0.15, 0.2) is 0 Å². The molecular weight excluding hydrogens is 252 g/mol. The molecule has 1 aromatic heterocycles. The van der Waals surface area contributed by atoms with Gasteiger partial charge in [-0.2, -0.15) is 0 Å². The van der Waals surface area contributed by atoms with E-state index in [1.54, 1.807) is 0 Å². The molecule has 0 aliphatic rings. The molecule has 19 heavy (non-hydrogen) atoms. The molecule has 3 aromatic rings. The lowest BCUT2D eigenvalue weighted by Crippen LogP contribution is -2.02. The molecule has 0 saturated carbocycles. The van der Waals surface area contributed by atoms with Gasteiger partial charge in [-0.25, -0.2) is 4.98 Å². The molecule has 94 valence electrons. The molecule has 2 aromatic carbocycles. The van der Waals surface area contributed by atoms with Crippen LogP contribution in [0.1, 0.15) is 11.1 Å². The molecule has 0 radical (unpaired) electrons. The van der Waals surface area contributed by atoms with Crippen LogP contribution in [-0.2, 0) is 0 Å². The number of fused-ring (bicyclic) bond motifs is 1. The molecule has 0 bridgehead atoms. The number of hydrogen-bond donors (Lipinski definition) is 0. The van der Waals surface area contributed by atoms with E-state index < -0.39 is 0 Å². The van der Waals surface area contributed by atoms with Gasteiger partial charge in [-0.15, -0.1) is 0 Å². The molecular formula is C16H14N2S. The second kappa shape index (κ2) is 4.59. The van der Waals surface area contributed by atoms with Crippen LogP contribution in [0, 0.1) is 18.5 Å². The van der Waals surface area contributed by atoms with Crippen LogP contribution in [0.4, 0.5) is 0 Å². The lowest BCUT2D eigenvalue weighted by atomic mass is 10.1. The highest BCUT2D eigenvalue weighted by Gasteiger charge is 2.06. The van der Waals surface area contributed by atoms with Crippen molar-refractivity contribution in [3.05, 3.63) is 64.6 Å². The van der Waals surface area contributed by atoms with Crippen LogP contribution < -0.4 is 0 Å². The van der Waals surface area contributed by atoms with Crippen LogP contribution in [0.25, 0.3) is 16.6 Å². The van der Waals surface area contributed by atoms with Crippen LogP contribution in [0.2, 0.25) is 0 Å². The molecule has 0 N–H and O–H groups in total. The standard InChI is InChI=1S/C16H14N2S/c1-11-6-5-9-14(12(11)2)18-10-17-16(19)13-7-3-4-8-15(13)18/h3-10H,1-2H3. The van der Waals surface area contributed by atoms with E-state index in [0.29, 0.717) is 4.64 Å². The molecule has 0 amide bonds. The fraction of sp³-hybridized carbons (Fsp3) is 0.125. The topological polar surface area (TPSA) is 17.8 Å². The Bertz CT molecular complexity index is 818. The van der Waals surface area contributed by atoms with E-state index in [0.717, 1.165) is 16.6 Å². The van der Waals surface area contributed by atoms with Crippen molar-refractivity contribution in [1.82, 2.24) is 9.55 Å². The van der Waals surface area contributed by atoms with Gasteiger partial charge in [-0.3, -0.25) is 0 Å². The molecule has 0 unspecified atom stereocenters. The Morgan fingerprint density at radius 2 is 1.79 bits per heavy atom. The van der Waals surface area contributed by atoms with Crippen molar-refractivity contribution in [1.29, 1.82) is 0 Å². The molecule has 2 nitrogen and oxygen atoms in total. The van der Waals surface area contributed by atoms with E-state index in [1.165, 1.54) is 11.1 Å². The van der Waals surface area contributed by atoms with E-state index >= 15 is 0 Å². The Balaban J connectivity index is 2.41. The minimum atomic E-state index is 0.650. The van der Waals surface area contributed by atoms with Crippen molar-refractivity contribution in [2.75, 3.05) is 0 Å². The summed E-state index contributed by atoms with van der Waals surface area (Å²) in [6, 6.07) is 14.4. The first-order valence-corrected chi connectivity index (χ1v) is 6.62. The fourth-order valence-electron chi connectivity index (χ4n) is 2.30. The fourth-order valence-corrected chi connectivity index (χ4v) is 2.51. The third-order valence-electron chi connectivity index (χ3n) is 3.52. The molecule has 3 rings (SSSR count). The van der Waals surface area contributed by atoms with E-state index in [1.807, 2.05) is 24.5 Å². The van der Waals surface area contributed by atoms with Crippen LogP contribution in [0.15, 0.2) is 48.8 Å². The molecule has 0 fully saturated rings. The van der Waals surface area contributed by atoms with Crippen LogP contribution in [-0.4, -0.2) is 9.55 Å². The Morgan fingerprint density at radius 1 is 1.00 bits per heavy atom. The average molecular weight is 266 g/mol. The zero-order chi connectivity index (χ0) is 13.4. The minimum absolute atomic E-state index is 0.650. The van der Waals surface area contributed by atoms with Crippen molar-refractivity contribution in [2.45, 2.75) is 13.8 Å². The van der Waals surface area contributed by atoms with Crippen LogP contribution in [0.5, 0.6) is 0 Å². The quantitative estimate of drug-likeness (QED) is 0.609. The maximum atomic E-state index is 5.30. The number of nitrogens with zero attached hydrogens (tertiary/aromatic N) is 2. The smallest absolute Gasteiger partial charge is 0.137 e. The van der Waals surface area contributed by atoms with E-state index in [4.69, 9.17) is 12.2 Å². The Morgan fingerprint density at radius 3 is 2.63 bits per heavy atom. The van der Waals surface area contributed by atoms with Gasteiger partial charge in [0, 0.05) is 5.39 Å². The lowest BCUT2D eigenvalue weighted by Gasteiger charge is -2.14. The lowest BCUT2D eigenvalue weighted by molar-refractivity contribution is 1.01. The maximum absolute atomic E-state index is 5.30. The number of rotatable bonds is 1. The number of benzene rings is 2. The summed E-state index contributed by atoms with van der Waals surface area (Å²) in [5, 5.41) is 1.01. The van der Waals surface area contributed by atoms with Gasteiger partial charge in [-0.05, 0) is 43.2 Å². The third-order valence-corrected chi connectivity index (χ3v) is 3.85. The summed E-state index contributed by atoms with van der Waals surface area (Å²) >= 11 is 5.30. The summed E-state index contributed by atoms with van der Waals surface area (Å²) in [6.45, 7) is 4.25. The van der Waals surface area contributed by atoms with Gasteiger partial charge in [0.2, 0.25) is 0 Å². The van der Waals surface area contributed by atoms with Gasteiger partial charge in [-0.1, -0.05) is 36.5 Å². The van der Waals surface area contributed by atoms with E-state index in [-0.39, 0.29) is 0 Å². The summed E-state index contributed by atoms with van der Waals surface area (Å²) in [6.07, 6.45) is 1.81. The maximum Gasteiger partial charge on any atom is 0.137 e. The zero-order valence-electron chi connectivity index (χ0n) is 10.9. The van der Waals surface area contributed by atoms with E-state index in [2.05, 4.69) is 47.7 Å². The van der Waals surface area contributed by atoms with Crippen molar-refractivity contribution in [2.24, 2.45) is 0 Å². The van der Waals surface area contributed by atoms with Gasteiger partial charge in [0.05, 0.1) is 11.2 Å². The second-order valence-corrected chi connectivity index (χ2v) is 5.04. The minimum Gasteiger partial charge on any atom is -0.300 e.